The predicted octanol–water partition coefficient (Wildman–Crippen LogP) is 0.275. The van der Waals surface area contributed by atoms with Crippen LogP contribution >= 0.6 is 0 Å². The van der Waals surface area contributed by atoms with Gasteiger partial charge in [0.15, 0.2) is 12.6 Å². The van der Waals surface area contributed by atoms with Gasteiger partial charge in [0.2, 0.25) is 6.29 Å². The average Bonchev–Trinajstić information content (AvgIpc) is 3.16. The Morgan fingerprint density at radius 2 is 1.39 bits per heavy atom. The van der Waals surface area contributed by atoms with E-state index in [0.29, 0.717) is 11.5 Å². The summed E-state index contributed by atoms with van der Waals surface area (Å²) in [5.74, 6) is 1.11. The number of aryl methyl sites for hydroxylation is 1. The number of hydrogen-bond donors (Lipinski definition) is 9. The van der Waals surface area contributed by atoms with Crippen molar-refractivity contribution in [3.05, 3.63) is 34.9 Å². The van der Waals surface area contributed by atoms with Gasteiger partial charge in [0, 0.05) is 17.4 Å². The molecule has 3 fully saturated rings. The fraction of sp³-hybridized carbons (Fsp3) is 0.800. The zero-order valence-corrected chi connectivity index (χ0v) is 32.8. The van der Waals surface area contributed by atoms with Crippen molar-refractivity contribution in [2.24, 2.45) is 5.92 Å². The maximum Gasteiger partial charge on any atom is 0.229 e. The third kappa shape index (κ3) is 8.80. The SMILES string of the molecule is CCCCCc1cc(O[C@@H]2O[C@H](CO[C@@H]3O[C@H](CO)[C@@H](O)[C@H](O)[C@H]3O)[C@@H](O[C@@H]3O[C@H](CC)[C@@H](O)[C@H](O)[C@H]3O)[C@H](O)[C@H]2O)c2c(c1)OC(C)(C)[C@@H]1CCC(C)=C[C@@H]21. The lowest BCUT2D eigenvalue weighted by atomic mass is 9.68. The summed E-state index contributed by atoms with van der Waals surface area (Å²) in [6.45, 7) is 8.87. The van der Waals surface area contributed by atoms with E-state index < -0.39 is 111 Å². The van der Waals surface area contributed by atoms with Crippen LogP contribution in [0.3, 0.4) is 0 Å². The number of ether oxygens (including phenoxy) is 7. The molecule has 0 unspecified atom stereocenters. The van der Waals surface area contributed by atoms with Crippen molar-refractivity contribution in [1.82, 2.24) is 0 Å². The second-order valence-corrected chi connectivity index (χ2v) is 16.5. The van der Waals surface area contributed by atoms with Crippen LogP contribution in [0.5, 0.6) is 11.5 Å². The minimum atomic E-state index is -1.78. The molecule has 318 valence electrons. The lowest BCUT2D eigenvalue weighted by Gasteiger charge is -2.48. The highest BCUT2D eigenvalue weighted by Gasteiger charge is 2.53. The van der Waals surface area contributed by atoms with Crippen LogP contribution in [-0.2, 0) is 30.1 Å². The topological polar surface area (TPSA) is 247 Å². The number of rotatable bonds is 13. The van der Waals surface area contributed by atoms with E-state index in [-0.39, 0.29) is 18.3 Å². The first kappa shape index (κ1) is 43.6. The van der Waals surface area contributed by atoms with Crippen molar-refractivity contribution in [2.75, 3.05) is 13.2 Å². The summed E-state index contributed by atoms with van der Waals surface area (Å²) < 4.78 is 42.8. The highest BCUT2D eigenvalue weighted by molar-refractivity contribution is 5.54. The Balaban J connectivity index is 1.32. The molecule has 0 radical (unpaired) electrons. The second kappa shape index (κ2) is 18.1. The van der Waals surface area contributed by atoms with E-state index >= 15 is 0 Å². The summed E-state index contributed by atoms with van der Waals surface area (Å²) >= 11 is 0. The number of aliphatic hydroxyl groups is 9. The lowest BCUT2D eigenvalue weighted by molar-refractivity contribution is -0.359. The van der Waals surface area contributed by atoms with Gasteiger partial charge in [-0.05, 0) is 70.6 Å². The lowest BCUT2D eigenvalue weighted by Crippen LogP contribution is -2.65. The molecular weight excluding hydrogens is 736 g/mol. The molecule has 17 atom stereocenters. The number of unbranched alkanes of at least 4 members (excludes halogenated alkanes) is 2. The number of benzene rings is 1. The molecule has 16 nitrogen and oxygen atoms in total. The first-order chi connectivity index (χ1) is 26.6. The van der Waals surface area contributed by atoms with Crippen LogP contribution in [-0.4, -0.2) is 157 Å². The molecule has 16 heteroatoms. The van der Waals surface area contributed by atoms with Crippen LogP contribution < -0.4 is 9.47 Å². The third-order valence-electron chi connectivity index (χ3n) is 12.1. The van der Waals surface area contributed by atoms with Crippen molar-refractivity contribution in [2.45, 2.75) is 183 Å². The molecule has 9 N–H and O–H groups in total. The third-order valence-corrected chi connectivity index (χ3v) is 12.1. The Labute approximate surface area is 327 Å². The maximum atomic E-state index is 11.7. The fourth-order valence-electron chi connectivity index (χ4n) is 8.73. The van der Waals surface area contributed by atoms with Crippen molar-refractivity contribution in [3.8, 4) is 11.5 Å². The minimum Gasteiger partial charge on any atom is -0.487 e. The van der Waals surface area contributed by atoms with Crippen LogP contribution in [0.4, 0.5) is 0 Å². The maximum absolute atomic E-state index is 11.7. The van der Waals surface area contributed by atoms with Crippen molar-refractivity contribution >= 4 is 0 Å². The predicted molar refractivity (Wildman–Crippen MR) is 196 cm³/mol. The van der Waals surface area contributed by atoms with Crippen molar-refractivity contribution < 1.29 is 79.1 Å². The molecule has 0 amide bonds. The summed E-state index contributed by atoms with van der Waals surface area (Å²) in [5.41, 5.74) is 2.51. The molecule has 0 bridgehead atoms. The summed E-state index contributed by atoms with van der Waals surface area (Å²) in [6.07, 6.45) is -15.2. The molecule has 1 aliphatic carbocycles. The normalized spacial score (nSPS) is 42.2. The molecule has 5 aliphatic rings. The van der Waals surface area contributed by atoms with Gasteiger partial charge in [0.05, 0.1) is 19.3 Å². The fourth-order valence-corrected chi connectivity index (χ4v) is 8.73. The summed E-state index contributed by atoms with van der Waals surface area (Å²) in [6, 6.07) is 3.96. The van der Waals surface area contributed by atoms with Crippen LogP contribution in [0.15, 0.2) is 23.8 Å². The molecule has 0 aromatic heterocycles. The Kier molecular flexibility index (Phi) is 14.1. The molecule has 56 heavy (non-hydrogen) atoms. The molecule has 0 spiro atoms. The van der Waals surface area contributed by atoms with E-state index in [9.17, 15) is 46.0 Å². The van der Waals surface area contributed by atoms with E-state index in [4.69, 9.17) is 33.2 Å². The number of aliphatic hydroxyl groups excluding tert-OH is 9. The monoisotopic (exact) mass is 798 g/mol. The van der Waals surface area contributed by atoms with Gasteiger partial charge >= 0.3 is 0 Å². The second-order valence-electron chi connectivity index (χ2n) is 16.5. The van der Waals surface area contributed by atoms with E-state index in [1.807, 2.05) is 12.1 Å². The molecule has 1 aromatic rings. The molecular formula is C40H62O16. The molecule has 6 rings (SSSR count). The average molecular weight is 799 g/mol. The van der Waals surface area contributed by atoms with E-state index in [1.54, 1.807) is 6.92 Å². The standard InChI is InChI=1S/C40H62O16/c1-6-8-9-10-19-14-23(27-20-13-18(3)11-12-21(20)40(4,5)56-24(27)15-19)52-38-35(49)32(46)36(55-39-34(48)30(44)28(42)22(7-2)51-39)26(54-38)17-50-37-33(47)31(45)29(43)25(16-41)53-37/h13-15,20-22,25-26,28-39,41-49H,6-12,16-17H2,1-5H3/t20-,21-,22-,25-,26-,28-,29-,30+,31+,32-,33-,34-,35-,36-,37-,38-,39+/m1/s1. The largest absolute Gasteiger partial charge is 0.487 e. The first-order valence-corrected chi connectivity index (χ1v) is 20.1. The van der Waals surface area contributed by atoms with Gasteiger partial charge in [-0.2, -0.15) is 0 Å². The van der Waals surface area contributed by atoms with Crippen molar-refractivity contribution in [3.63, 3.8) is 0 Å². The van der Waals surface area contributed by atoms with Crippen LogP contribution in [0.2, 0.25) is 0 Å². The van der Waals surface area contributed by atoms with Crippen LogP contribution in [0.25, 0.3) is 0 Å². The van der Waals surface area contributed by atoms with Gasteiger partial charge in [0.25, 0.3) is 0 Å². The Bertz CT molecular complexity index is 1490. The molecule has 4 aliphatic heterocycles. The molecule has 3 saturated heterocycles. The summed E-state index contributed by atoms with van der Waals surface area (Å²) in [5, 5.41) is 96.3. The molecule has 1 aromatic carbocycles. The van der Waals surface area contributed by atoms with Gasteiger partial charge in [-0.3, -0.25) is 0 Å². The molecule has 0 saturated carbocycles. The van der Waals surface area contributed by atoms with E-state index in [2.05, 4.69) is 33.8 Å². The Morgan fingerprint density at radius 1 is 0.750 bits per heavy atom. The Hall–Kier alpha value is -2.00. The van der Waals surface area contributed by atoms with Gasteiger partial charge in [-0.1, -0.05) is 38.3 Å². The van der Waals surface area contributed by atoms with Crippen molar-refractivity contribution in [1.29, 1.82) is 0 Å². The van der Waals surface area contributed by atoms with Crippen LogP contribution in [0.1, 0.15) is 90.2 Å². The molecule has 4 heterocycles. The van der Waals surface area contributed by atoms with Gasteiger partial charge in [-0.15, -0.1) is 0 Å². The van der Waals surface area contributed by atoms with E-state index in [0.717, 1.165) is 49.7 Å². The summed E-state index contributed by atoms with van der Waals surface area (Å²) in [7, 11) is 0. The zero-order chi connectivity index (χ0) is 40.6. The van der Waals surface area contributed by atoms with Gasteiger partial charge < -0.3 is 79.1 Å². The minimum absolute atomic E-state index is 0.0764. The quantitative estimate of drug-likeness (QED) is 0.0961. The van der Waals surface area contributed by atoms with Crippen LogP contribution in [0, 0.1) is 5.92 Å². The number of fused-ring (bicyclic) bond motifs is 3. The zero-order valence-electron chi connectivity index (χ0n) is 32.8. The highest BCUT2D eigenvalue weighted by Crippen LogP contribution is 2.54. The highest BCUT2D eigenvalue weighted by atomic mass is 16.8. The Morgan fingerprint density at radius 3 is 2.07 bits per heavy atom. The van der Waals surface area contributed by atoms with Gasteiger partial charge in [-0.25, -0.2) is 0 Å². The smallest absolute Gasteiger partial charge is 0.229 e. The van der Waals surface area contributed by atoms with E-state index in [1.165, 1.54) is 5.57 Å². The number of allylic oxidation sites excluding steroid dienone is 2. The first-order valence-electron chi connectivity index (χ1n) is 20.1. The summed E-state index contributed by atoms with van der Waals surface area (Å²) in [4.78, 5) is 0. The number of hydrogen-bond acceptors (Lipinski definition) is 16. The van der Waals surface area contributed by atoms with Gasteiger partial charge in [0.1, 0.15) is 84.2 Å².